The molecule has 3 aromatic carbocycles. The van der Waals surface area contributed by atoms with Gasteiger partial charge in [0, 0.05) is 5.56 Å². The van der Waals surface area contributed by atoms with E-state index in [0.29, 0.717) is 12.0 Å². The van der Waals surface area contributed by atoms with Gasteiger partial charge in [-0.2, -0.15) is 0 Å². The number of rotatable bonds is 9. The molecule has 0 unspecified atom stereocenters. The summed E-state index contributed by atoms with van der Waals surface area (Å²) in [6.07, 6.45) is 8.60. The molecular formula is C28H29F3. The molecule has 0 amide bonds. The van der Waals surface area contributed by atoms with Gasteiger partial charge in [0.25, 0.3) is 0 Å². The number of hydrogen-bond acceptors (Lipinski definition) is 0. The molecule has 162 valence electrons. The van der Waals surface area contributed by atoms with Crippen LogP contribution >= 0.6 is 0 Å². The molecule has 0 aliphatic carbocycles. The normalized spacial score (nSPS) is 11.4. The Morgan fingerprint density at radius 1 is 0.645 bits per heavy atom. The van der Waals surface area contributed by atoms with Crippen LogP contribution in [0.15, 0.2) is 54.6 Å². The average Bonchev–Trinajstić information content (AvgIpc) is 2.78. The van der Waals surface area contributed by atoms with Crippen molar-refractivity contribution in [1.29, 1.82) is 0 Å². The molecule has 0 N–H and O–H groups in total. The van der Waals surface area contributed by atoms with Gasteiger partial charge < -0.3 is 0 Å². The van der Waals surface area contributed by atoms with Crippen LogP contribution in [0.3, 0.4) is 0 Å². The molecule has 0 spiro atoms. The Balaban J connectivity index is 1.72. The monoisotopic (exact) mass is 422 g/mol. The second kappa shape index (κ2) is 11.0. The molecule has 0 atom stereocenters. The highest BCUT2D eigenvalue weighted by Gasteiger charge is 2.11. The van der Waals surface area contributed by atoms with Crippen LogP contribution in [0.25, 0.3) is 23.3 Å². The summed E-state index contributed by atoms with van der Waals surface area (Å²) in [7, 11) is 0. The Morgan fingerprint density at radius 3 is 2.03 bits per heavy atom. The van der Waals surface area contributed by atoms with Crippen LogP contribution in [0.5, 0.6) is 0 Å². The summed E-state index contributed by atoms with van der Waals surface area (Å²) in [5.74, 6) is -1.74. The minimum absolute atomic E-state index is 0.165. The summed E-state index contributed by atoms with van der Waals surface area (Å²) in [5, 5.41) is 0. The number of hydrogen-bond donors (Lipinski definition) is 0. The van der Waals surface area contributed by atoms with Crippen LogP contribution < -0.4 is 0 Å². The Bertz CT molecular complexity index is 1030. The third-order valence-electron chi connectivity index (χ3n) is 5.51. The Labute approximate surface area is 183 Å². The zero-order chi connectivity index (χ0) is 22.2. The molecule has 0 aliphatic heterocycles. The molecule has 3 aromatic rings. The molecule has 0 nitrogen and oxygen atoms in total. The molecule has 0 fully saturated rings. The highest BCUT2D eigenvalue weighted by Crippen LogP contribution is 2.25. The first-order valence-electron chi connectivity index (χ1n) is 11.1. The van der Waals surface area contributed by atoms with E-state index in [1.165, 1.54) is 0 Å². The lowest BCUT2D eigenvalue weighted by Crippen LogP contribution is -1.96. The highest BCUT2D eigenvalue weighted by molar-refractivity contribution is 5.72. The Hall–Kier alpha value is -2.81. The van der Waals surface area contributed by atoms with E-state index in [4.69, 9.17) is 0 Å². The first-order valence-corrected chi connectivity index (χ1v) is 11.1. The Morgan fingerprint density at radius 2 is 1.35 bits per heavy atom. The van der Waals surface area contributed by atoms with Crippen LogP contribution in [0.4, 0.5) is 13.2 Å². The zero-order valence-corrected chi connectivity index (χ0v) is 18.2. The summed E-state index contributed by atoms with van der Waals surface area (Å²) < 4.78 is 42.8. The first-order chi connectivity index (χ1) is 15.0. The molecule has 0 saturated heterocycles. The second-order valence-corrected chi connectivity index (χ2v) is 7.91. The fourth-order valence-electron chi connectivity index (χ4n) is 3.66. The maximum Gasteiger partial charge on any atom is 0.166 e. The molecule has 0 saturated carbocycles. The maximum absolute atomic E-state index is 14.4. The minimum Gasteiger partial charge on any atom is -0.207 e. The number of benzene rings is 3. The fraction of sp³-hybridized carbons (Fsp3) is 0.286. The quantitative estimate of drug-likeness (QED) is 0.239. The number of aryl methyl sites for hydroxylation is 2. The van der Waals surface area contributed by atoms with Gasteiger partial charge in [-0.15, -0.1) is 0 Å². The zero-order valence-electron chi connectivity index (χ0n) is 18.2. The van der Waals surface area contributed by atoms with Gasteiger partial charge in [-0.05, 0) is 53.1 Å². The smallest absolute Gasteiger partial charge is 0.166 e. The lowest BCUT2D eigenvalue weighted by Gasteiger charge is -2.07. The van der Waals surface area contributed by atoms with Gasteiger partial charge in [0.15, 0.2) is 11.6 Å². The summed E-state index contributed by atoms with van der Waals surface area (Å²) in [6, 6.07) is 16.3. The topological polar surface area (TPSA) is 0 Å². The third-order valence-corrected chi connectivity index (χ3v) is 5.51. The van der Waals surface area contributed by atoms with Crippen molar-refractivity contribution < 1.29 is 13.2 Å². The van der Waals surface area contributed by atoms with Crippen molar-refractivity contribution in [2.45, 2.75) is 52.4 Å². The van der Waals surface area contributed by atoms with E-state index in [2.05, 4.69) is 6.92 Å². The minimum atomic E-state index is -0.812. The lowest BCUT2D eigenvalue weighted by atomic mass is 9.99. The Kier molecular flexibility index (Phi) is 8.11. The van der Waals surface area contributed by atoms with Crippen LogP contribution in [-0.4, -0.2) is 0 Å². The van der Waals surface area contributed by atoms with E-state index >= 15 is 0 Å². The van der Waals surface area contributed by atoms with E-state index in [1.54, 1.807) is 30.4 Å². The van der Waals surface area contributed by atoms with E-state index < -0.39 is 11.6 Å². The molecule has 0 aliphatic rings. The van der Waals surface area contributed by atoms with Gasteiger partial charge in [-0.3, -0.25) is 0 Å². The summed E-state index contributed by atoms with van der Waals surface area (Å²) in [4.78, 5) is 0. The van der Waals surface area contributed by atoms with E-state index in [-0.39, 0.29) is 11.4 Å². The molecule has 0 heterocycles. The SMILES string of the molecule is CCCCCc1ccc(-c2ccc(C=Cc3ccc(CCC)c(F)c3F)cc2)cc1F. The molecule has 0 aromatic heterocycles. The summed E-state index contributed by atoms with van der Waals surface area (Å²) in [6.45, 7) is 4.07. The third kappa shape index (κ3) is 5.88. The predicted molar refractivity (Wildman–Crippen MR) is 124 cm³/mol. The van der Waals surface area contributed by atoms with Crippen LogP contribution in [-0.2, 0) is 12.8 Å². The predicted octanol–water partition coefficient (Wildman–Crippen LogP) is 8.63. The van der Waals surface area contributed by atoms with Crippen molar-refractivity contribution in [1.82, 2.24) is 0 Å². The van der Waals surface area contributed by atoms with Crippen molar-refractivity contribution >= 4 is 12.2 Å². The number of unbranched alkanes of at least 4 members (excludes halogenated alkanes) is 2. The maximum atomic E-state index is 14.4. The summed E-state index contributed by atoms with van der Waals surface area (Å²) >= 11 is 0. The van der Waals surface area contributed by atoms with Gasteiger partial charge in [0.2, 0.25) is 0 Å². The first kappa shape index (κ1) is 22.9. The number of halogens is 3. The molecule has 31 heavy (non-hydrogen) atoms. The molecule has 0 radical (unpaired) electrons. The van der Waals surface area contributed by atoms with Gasteiger partial charge in [0.1, 0.15) is 5.82 Å². The molecule has 0 bridgehead atoms. The van der Waals surface area contributed by atoms with E-state index in [1.807, 2.05) is 43.3 Å². The van der Waals surface area contributed by atoms with E-state index in [9.17, 15) is 13.2 Å². The van der Waals surface area contributed by atoms with Crippen molar-refractivity contribution in [3.63, 3.8) is 0 Å². The largest absolute Gasteiger partial charge is 0.207 e. The molecule has 3 rings (SSSR count). The van der Waals surface area contributed by atoms with Crippen LogP contribution in [0.2, 0.25) is 0 Å². The van der Waals surface area contributed by atoms with Crippen LogP contribution in [0.1, 0.15) is 61.8 Å². The second-order valence-electron chi connectivity index (χ2n) is 7.91. The standard InChI is InChI=1S/C28H29F3/c1-3-5-6-8-22-15-18-25(19-26(22)29)21-12-9-20(10-13-21)11-14-24-17-16-23(7-4-2)27(30)28(24)31/h9-19H,3-8H2,1-2H3. The highest BCUT2D eigenvalue weighted by atomic mass is 19.2. The molecule has 3 heteroatoms. The van der Waals surface area contributed by atoms with Gasteiger partial charge in [-0.25, -0.2) is 13.2 Å². The van der Waals surface area contributed by atoms with Crippen LogP contribution in [0, 0.1) is 17.5 Å². The van der Waals surface area contributed by atoms with Gasteiger partial charge >= 0.3 is 0 Å². The van der Waals surface area contributed by atoms with Gasteiger partial charge in [-0.1, -0.05) is 93.8 Å². The average molecular weight is 423 g/mol. The molecular weight excluding hydrogens is 393 g/mol. The van der Waals surface area contributed by atoms with Gasteiger partial charge in [0.05, 0.1) is 0 Å². The lowest BCUT2D eigenvalue weighted by molar-refractivity contribution is 0.496. The van der Waals surface area contributed by atoms with E-state index in [0.717, 1.165) is 54.4 Å². The van der Waals surface area contributed by atoms with Crippen molar-refractivity contribution in [2.75, 3.05) is 0 Å². The fourth-order valence-corrected chi connectivity index (χ4v) is 3.66. The van der Waals surface area contributed by atoms with Crippen molar-refractivity contribution in [3.05, 3.63) is 94.3 Å². The van der Waals surface area contributed by atoms with Crippen molar-refractivity contribution in [3.8, 4) is 11.1 Å². The summed E-state index contributed by atoms with van der Waals surface area (Å²) in [5.41, 5.74) is 3.99. The van der Waals surface area contributed by atoms with Crippen molar-refractivity contribution in [2.24, 2.45) is 0 Å².